The highest BCUT2D eigenvalue weighted by atomic mass is 16.7. The Morgan fingerprint density at radius 1 is 0.821 bits per heavy atom. The van der Waals surface area contributed by atoms with E-state index >= 15 is 0 Å². The molecule has 3 heterocycles. The fraction of sp³-hybridized carbons (Fsp3) is 0.281. The third-order valence-electron chi connectivity index (χ3n) is 7.12. The van der Waals surface area contributed by atoms with Crippen LogP contribution in [0.15, 0.2) is 73.3 Å². The lowest BCUT2D eigenvalue weighted by Crippen LogP contribution is -2.24. The molecule has 0 unspecified atom stereocenters. The lowest BCUT2D eigenvalue weighted by atomic mass is 10.1. The molecule has 0 saturated carbocycles. The SMILES string of the molecule is C=Cc1nc(-c2ccccc2)n(CCCC)c1CN(Cc1ccc2c(c1)OCO2)Cc1ccc2c(c1)OCO2. The van der Waals surface area contributed by atoms with Crippen LogP contribution in [0, 0.1) is 0 Å². The van der Waals surface area contributed by atoms with Crippen LogP contribution >= 0.6 is 0 Å². The maximum atomic E-state index is 5.66. The number of rotatable bonds is 11. The minimum Gasteiger partial charge on any atom is -0.454 e. The zero-order valence-corrected chi connectivity index (χ0v) is 22.3. The van der Waals surface area contributed by atoms with Gasteiger partial charge in [0.15, 0.2) is 23.0 Å². The topological polar surface area (TPSA) is 58.0 Å². The summed E-state index contributed by atoms with van der Waals surface area (Å²) in [6.07, 6.45) is 4.06. The minimum absolute atomic E-state index is 0.265. The molecule has 200 valence electrons. The Morgan fingerprint density at radius 2 is 1.44 bits per heavy atom. The van der Waals surface area contributed by atoms with Gasteiger partial charge in [-0.2, -0.15) is 0 Å². The van der Waals surface area contributed by atoms with E-state index in [0.717, 1.165) is 83.7 Å². The Labute approximate surface area is 229 Å². The van der Waals surface area contributed by atoms with Crippen molar-refractivity contribution in [2.45, 2.75) is 45.9 Å². The number of imidazole rings is 1. The van der Waals surface area contributed by atoms with E-state index in [9.17, 15) is 0 Å². The monoisotopic (exact) mass is 523 g/mol. The summed E-state index contributed by atoms with van der Waals surface area (Å²) in [6, 6.07) is 22.8. The molecule has 6 rings (SSSR count). The van der Waals surface area contributed by atoms with Crippen LogP contribution in [0.1, 0.15) is 42.3 Å². The van der Waals surface area contributed by atoms with Crippen LogP contribution in [0.25, 0.3) is 17.5 Å². The van der Waals surface area contributed by atoms with Crippen LogP contribution in [0.5, 0.6) is 23.0 Å². The summed E-state index contributed by atoms with van der Waals surface area (Å²) >= 11 is 0. The van der Waals surface area contributed by atoms with Crippen molar-refractivity contribution in [3.63, 3.8) is 0 Å². The Hall–Kier alpha value is -4.23. The van der Waals surface area contributed by atoms with Crippen molar-refractivity contribution < 1.29 is 18.9 Å². The number of fused-ring (bicyclic) bond motifs is 2. The fourth-order valence-corrected chi connectivity index (χ4v) is 5.17. The molecule has 0 atom stereocenters. The van der Waals surface area contributed by atoms with Crippen molar-refractivity contribution in [2.75, 3.05) is 13.6 Å². The van der Waals surface area contributed by atoms with E-state index in [1.165, 1.54) is 5.69 Å². The molecule has 39 heavy (non-hydrogen) atoms. The van der Waals surface area contributed by atoms with Gasteiger partial charge >= 0.3 is 0 Å². The highest BCUT2D eigenvalue weighted by Crippen LogP contribution is 2.35. The molecule has 4 aromatic rings. The zero-order valence-electron chi connectivity index (χ0n) is 22.3. The number of ether oxygens (including phenoxy) is 4. The highest BCUT2D eigenvalue weighted by Gasteiger charge is 2.22. The Balaban J connectivity index is 1.36. The third-order valence-corrected chi connectivity index (χ3v) is 7.12. The summed E-state index contributed by atoms with van der Waals surface area (Å²) in [4.78, 5) is 7.49. The second-order valence-corrected chi connectivity index (χ2v) is 9.86. The van der Waals surface area contributed by atoms with Gasteiger partial charge in [-0.05, 0) is 47.9 Å². The van der Waals surface area contributed by atoms with Gasteiger partial charge < -0.3 is 23.5 Å². The van der Waals surface area contributed by atoms with Gasteiger partial charge in [0.25, 0.3) is 0 Å². The van der Waals surface area contributed by atoms with E-state index in [1.807, 2.05) is 24.3 Å². The first-order valence-electron chi connectivity index (χ1n) is 13.5. The van der Waals surface area contributed by atoms with Crippen LogP contribution in [0.4, 0.5) is 0 Å². The first-order valence-corrected chi connectivity index (χ1v) is 13.5. The number of benzene rings is 3. The molecular formula is C32H33N3O4. The van der Waals surface area contributed by atoms with Crippen molar-refractivity contribution in [3.05, 3.63) is 95.8 Å². The number of unbranched alkanes of at least 4 members (excludes halogenated alkanes) is 1. The Bertz CT molecular complexity index is 1400. The highest BCUT2D eigenvalue weighted by molar-refractivity contribution is 5.60. The predicted molar refractivity (Wildman–Crippen MR) is 151 cm³/mol. The van der Waals surface area contributed by atoms with Crippen molar-refractivity contribution in [3.8, 4) is 34.4 Å². The van der Waals surface area contributed by atoms with Crippen LogP contribution < -0.4 is 18.9 Å². The molecule has 3 aromatic carbocycles. The normalized spacial score (nSPS) is 13.3. The van der Waals surface area contributed by atoms with Gasteiger partial charge in [0, 0.05) is 31.7 Å². The summed E-state index contributed by atoms with van der Waals surface area (Å²) in [6.45, 7) is 9.92. The van der Waals surface area contributed by atoms with E-state index in [1.54, 1.807) is 0 Å². The Morgan fingerprint density at radius 3 is 2.03 bits per heavy atom. The van der Waals surface area contributed by atoms with E-state index in [4.69, 9.17) is 23.9 Å². The predicted octanol–water partition coefficient (Wildman–Crippen LogP) is 6.65. The second kappa shape index (κ2) is 11.3. The molecule has 2 aliphatic rings. The molecule has 0 amide bonds. The maximum absolute atomic E-state index is 5.66. The Kier molecular flexibility index (Phi) is 7.23. The summed E-state index contributed by atoms with van der Waals surface area (Å²) < 4.78 is 24.8. The third kappa shape index (κ3) is 5.36. The molecule has 7 heteroatoms. The number of nitrogens with zero attached hydrogens (tertiary/aromatic N) is 3. The van der Waals surface area contributed by atoms with Crippen LogP contribution in [0.2, 0.25) is 0 Å². The molecular weight excluding hydrogens is 490 g/mol. The lowest BCUT2D eigenvalue weighted by molar-refractivity contribution is 0.173. The number of aromatic nitrogens is 2. The molecule has 0 fully saturated rings. The fourth-order valence-electron chi connectivity index (χ4n) is 5.17. The number of hydrogen-bond donors (Lipinski definition) is 0. The molecule has 1 aromatic heterocycles. The summed E-state index contributed by atoms with van der Waals surface area (Å²) in [5.41, 5.74) is 5.51. The van der Waals surface area contributed by atoms with Crippen molar-refractivity contribution in [1.29, 1.82) is 0 Å². The average Bonchev–Trinajstić information content (AvgIpc) is 3.70. The van der Waals surface area contributed by atoms with Crippen LogP contribution in [0.3, 0.4) is 0 Å². The van der Waals surface area contributed by atoms with Crippen LogP contribution in [-0.2, 0) is 26.2 Å². The van der Waals surface area contributed by atoms with E-state index < -0.39 is 0 Å². The van der Waals surface area contributed by atoms with Crippen LogP contribution in [-0.4, -0.2) is 28.0 Å². The van der Waals surface area contributed by atoms with Gasteiger partial charge in [-0.1, -0.05) is 62.4 Å². The van der Waals surface area contributed by atoms with E-state index in [0.29, 0.717) is 6.54 Å². The van der Waals surface area contributed by atoms with Gasteiger partial charge in [-0.25, -0.2) is 4.98 Å². The largest absolute Gasteiger partial charge is 0.454 e. The average molecular weight is 524 g/mol. The first-order chi connectivity index (χ1) is 19.2. The standard InChI is InChI=1S/C32H33N3O4/c1-3-5-15-35-27(26(4-2)33-32(35)25-9-7-6-8-10-25)20-34(18-23-11-13-28-30(16-23)38-21-36-28)19-24-12-14-29-31(17-24)39-22-37-29/h4,6-14,16-17H,2-3,5,15,18-22H2,1H3. The molecule has 2 aliphatic heterocycles. The molecule has 0 radical (unpaired) electrons. The molecule has 0 saturated heterocycles. The molecule has 0 aliphatic carbocycles. The van der Waals surface area contributed by atoms with Gasteiger partial charge in [-0.3, -0.25) is 4.90 Å². The van der Waals surface area contributed by atoms with Crippen molar-refractivity contribution >= 4 is 6.08 Å². The van der Waals surface area contributed by atoms with Gasteiger partial charge in [0.2, 0.25) is 13.6 Å². The summed E-state index contributed by atoms with van der Waals surface area (Å²) in [5, 5.41) is 0. The number of hydrogen-bond acceptors (Lipinski definition) is 6. The van der Waals surface area contributed by atoms with E-state index in [-0.39, 0.29) is 13.6 Å². The minimum atomic E-state index is 0.265. The summed E-state index contributed by atoms with van der Waals surface area (Å²) in [7, 11) is 0. The molecule has 0 N–H and O–H groups in total. The second-order valence-electron chi connectivity index (χ2n) is 9.86. The van der Waals surface area contributed by atoms with Crippen molar-refractivity contribution in [2.24, 2.45) is 0 Å². The maximum Gasteiger partial charge on any atom is 0.231 e. The lowest BCUT2D eigenvalue weighted by Gasteiger charge is -2.24. The van der Waals surface area contributed by atoms with Gasteiger partial charge in [-0.15, -0.1) is 0 Å². The molecule has 0 spiro atoms. The van der Waals surface area contributed by atoms with Gasteiger partial charge in [0.1, 0.15) is 5.82 Å². The molecule has 0 bridgehead atoms. The first kappa shape index (κ1) is 25.1. The summed E-state index contributed by atoms with van der Waals surface area (Å²) in [5.74, 6) is 4.16. The van der Waals surface area contributed by atoms with Gasteiger partial charge in [0.05, 0.1) is 11.4 Å². The molecule has 7 nitrogen and oxygen atoms in total. The quantitative estimate of drug-likeness (QED) is 0.219. The van der Waals surface area contributed by atoms with E-state index in [2.05, 4.69) is 71.5 Å². The smallest absolute Gasteiger partial charge is 0.231 e. The van der Waals surface area contributed by atoms with Crippen molar-refractivity contribution in [1.82, 2.24) is 14.5 Å². The zero-order chi connectivity index (χ0) is 26.6.